The van der Waals surface area contributed by atoms with Crippen LogP contribution in [-0.4, -0.2) is 26.2 Å². The molecule has 0 radical (unpaired) electrons. The van der Waals surface area contributed by atoms with Crippen molar-refractivity contribution in [2.45, 2.75) is 6.54 Å². The highest BCUT2D eigenvalue weighted by atomic mass is 79.9. The molecule has 2 rings (SSSR count). The largest absolute Gasteiger partial charge is 0.497 e. The molecule has 0 aliphatic carbocycles. The molecule has 0 spiro atoms. The van der Waals surface area contributed by atoms with E-state index >= 15 is 0 Å². The van der Waals surface area contributed by atoms with Gasteiger partial charge >= 0.3 is 12.0 Å². The predicted molar refractivity (Wildman–Crippen MR) is 105 cm³/mol. The standard InChI is InChI=1S/C19H19BrN2O5/c1-25-14-5-3-4-12(8-14)6-7-17(23)27-18-15(20)9-13(10-16(18)26-2)11-22-19(21)24/h3-10H,11H2,1-2H3,(H3,21,22,24)/b7-6+. The van der Waals surface area contributed by atoms with Gasteiger partial charge < -0.3 is 25.3 Å². The fourth-order valence-electron chi connectivity index (χ4n) is 2.21. The molecule has 0 heterocycles. The Morgan fingerprint density at radius 1 is 1.19 bits per heavy atom. The van der Waals surface area contributed by atoms with Crippen LogP contribution in [0.5, 0.6) is 17.2 Å². The molecule has 8 heteroatoms. The van der Waals surface area contributed by atoms with Crippen molar-refractivity contribution in [1.29, 1.82) is 0 Å². The summed E-state index contributed by atoms with van der Waals surface area (Å²) in [6, 6.07) is 9.98. The maximum absolute atomic E-state index is 12.2. The lowest BCUT2D eigenvalue weighted by Crippen LogP contribution is -2.28. The van der Waals surface area contributed by atoms with Crippen LogP contribution >= 0.6 is 15.9 Å². The van der Waals surface area contributed by atoms with Crippen LogP contribution in [0.4, 0.5) is 4.79 Å². The van der Waals surface area contributed by atoms with Gasteiger partial charge in [-0.3, -0.25) is 0 Å². The Kier molecular flexibility index (Phi) is 7.25. The molecule has 0 fully saturated rings. The third-order valence-corrected chi connectivity index (χ3v) is 4.05. The zero-order chi connectivity index (χ0) is 19.8. The van der Waals surface area contributed by atoms with Crippen LogP contribution in [0.1, 0.15) is 11.1 Å². The van der Waals surface area contributed by atoms with Gasteiger partial charge in [0.15, 0.2) is 11.5 Å². The van der Waals surface area contributed by atoms with Gasteiger partial charge in [0.1, 0.15) is 5.75 Å². The van der Waals surface area contributed by atoms with E-state index in [9.17, 15) is 9.59 Å². The van der Waals surface area contributed by atoms with Crippen LogP contribution in [-0.2, 0) is 11.3 Å². The molecule has 3 N–H and O–H groups in total. The number of esters is 1. The molecule has 0 unspecified atom stereocenters. The van der Waals surface area contributed by atoms with Gasteiger partial charge in [-0.25, -0.2) is 9.59 Å². The van der Waals surface area contributed by atoms with Crippen molar-refractivity contribution in [3.63, 3.8) is 0 Å². The summed E-state index contributed by atoms with van der Waals surface area (Å²) in [6.45, 7) is 0.217. The fourth-order valence-corrected chi connectivity index (χ4v) is 2.78. The molecule has 2 aromatic carbocycles. The Labute approximate surface area is 165 Å². The number of ether oxygens (including phenoxy) is 3. The highest BCUT2D eigenvalue weighted by molar-refractivity contribution is 9.10. The Balaban J connectivity index is 2.14. The number of hydrogen-bond donors (Lipinski definition) is 2. The number of hydrogen-bond acceptors (Lipinski definition) is 5. The van der Waals surface area contributed by atoms with Crippen LogP contribution < -0.4 is 25.3 Å². The first-order valence-corrected chi connectivity index (χ1v) is 8.66. The Hall–Kier alpha value is -3.00. The monoisotopic (exact) mass is 434 g/mol. The lowest BCUT2D eigenvalue weighted by atomic mass is 10.2. The van der Waals surface area contributed by atoms with Gasteiger partial charge in [0, 0.05) is 12.6 Å². The molecule has 0 aliphatic heterocycles. The van der Waals surface area contributed by atoms with Crippen LogP contribution in [0.25, 0.3) is 6.08 Å². The second-order valence-corrected chi connectivity index (χ2v) is 6.21. The van der Waals surface area contributed by atoms with Crippen molar-refractivity contribution in [3.05, 3.63) is 58.1 Å². The second-order valence-electron chi connectivity index (χ2n) is 5.36. The van der Waals surface area contributed by atoms with Gasteiger partial charge in [-0.05, 0) is 57.4 Å². The zero-order valence-corrected chi connectivity index (χ0v) is 16.4. The lowest BCUT2D eigenvalue weighted by molar-refractivity contribution is -0.129. The first-order valence-electron chi connectivity index (χ1n) is 7.86. The van der Waals surface area contributed by atoms with Crippen LogP contribution in [0, 0.1) is 0 Å². The van der Waals surface area contributed by atoms with E-state index in [2.05, 4.69) is 21.2 Å². The highest BCUT2D eigenvalue weighted by Gasteiger charge is 2.14. The van der Waals surface area contributed by atoms with E-state index in [1.54, 1.807) is 31.4 Å². The van der Waals surface area contributed by atoms with Crippen molar-refractivity contribution >= 4 is 34.0 Å². The summed E-state index contributed by atoms with van der Waals surface area (Å²) in [5.41, 5.74) is 6.59. The maximum Gasteiger partial charge on any atom is 0.336 e. The van der Waals surface area contributed by atoms with Gasteiger partial charge in [-0.15, -0.1) is 0 Å². The molecular weight excluding hydrogens is 416 g/mol. The van der Waals surface area contributed by atoms with E-state index in [0.717, 1.165) is 11.1 Å². The number of amides is 2. The number of primary amides is 1. The third-order valence-electron chi connectivity index (χ3n) is 3.46. The van der Waals surface area contributed by atoms with E-state index in [-0.39, 0.29) is 12.3 Å². The summed E-state index contributed by atoms with van der Waals surface area (Å²) < 4.78 is 16.3. The van der Waals surface area contributed by atoms with E-state index in [1.165, 1.54) is 13.2 Å². The van der Waals surface area contributed by atoms with Crippen molar-refractivity contribution in [3.8, 4) is 17.2 Å². The average Bonchev–Trinajstić information content (AvgIpc) is 2.66. The number of halogens is 1. The van der Waals surface area contributed by atoms with Crippen LogP contribution in [0.3, 0.4) is 0 Å². The second kappa shape index (κ2) is 9.63. The number of nitrogens with two attached hydrogens (primary N) is 1. The summed E-state index contributed by atoms with van der Waals surface area (Å²) in [7, 11) is 3.03. The van der Waals surface area contributed by atoms with Crippen molar-refractivity contribution < 1.29 is 23.8 Å². The number of methoxy groups -OCH3 is 2. The molecule has 0 aliphatic rings. The molecule has 2 aromatic rings. The number of nitrogens with one attached hydrogen (secondary N) is 1. The van der Waals surface area contributed by atoms with E-state index in [4.69, 9.17) is 19.9 Å². The molecule has 0 aromatic heterocycles. The van der Waals surface area contributed by atoms with Crippen LogP contribution in [0.15, 0.2) is 46.9 Å². The minimum Gasteiger partial charge on any atom is -0.497 e. The number of carbonyl (C=O) groups is 2. The van der Waals surface area contributed by atoms with E-state index in [1.807, 2.05) is 18.2 Å². The van der Waals surface area contributed by atoms with Gasteiger partial charge in [-0.2, -0.15) is 0 Å². The topological polar surface area (TPSA) is 99.9 Å². The lowest BCUT2D eigenvalue weighted by Gasteiger charge is -2.12. The minimum absolute atomic E-state index is 0.217. The molecule has 0 bridgehead atoms. The SMILES string of the molecule is COc1cccc(/C=C/C(=O)Oc2c(Br)cc(CNC(N)=O)cc2OC)c1. The molecule has 142 valence electrons. The Morgan fingerprint density at radius 3 is 2.63 bits per heavy atom. The maximum atomic E-state index is 12.2. The molecule has 27 heavy (non-hydrogen) atoms. The highest BCUT2D eigenvalue weighted by Crippen LogP contribution is 2.36. The third kappa shape index (κ3) is 6.03. The minimum atomic E-state index is -0.636. The molecule has 0 saturated heterocycles. The van der Waals surface area contributed by atoms with E-state index < -0.39 is 12.0 Å². The smallest absolute Gasteiger partial charge is 0.336 e. The van der Waals surface area contributed by atoms with Gasteiger partial charge in [0.2, 0.25) is 0 Å². The van der Waals surface area contributed by atoms with Gasteiger partial charge in [0.25, 0.3) is 0 Å². The number of benzene rings is 2. The van der Waals surface area contributed by atoms with Crippen LogP contribution in [0.2, 0.25) is 0 Å². The Bertz CT molecular complexity index is 867. The molecule has 7 nitrogen and oxygen atoms in total. The quantitative estimate of drug-likeness (QED) is 0.395. The molecule has 2 amide bonds. The summed E-state index contributed by atoms with van der Waals surface area (Å²) in [4.78, 5) is 23.0. The Morgan fingerprint density at radius 2 is 1.96 bits per heavy atom. The van der Waals surface area contributed by atoms with Crippen molar-refractivity contribution in [1.82, 2.24) is 5.32 Å². The summed E-state index contributed by atoms with van der Waals surface area (Å²) >= 11 is 3.35. The van der Waals surface area contributed by atoms with Crippen molar-refractivity contribution in [2.24, 2.45) is 5.73 Å². The summed E-state index contributed by atoms with van der Waals surface area (Å²) in [5.74, 6) is 0.698. The summed E-state index contributed by atoms with van der Waals surface area (Å²) in [5, 5.41) is 2.48. The van der Waals surface area contributed by atoms with Gasteiger partial charge in [-0.1, -0.05) is 12.1 Å². The van der Waals surface area contributed by atoms with E-state index in [0.29, 0.717) is 16.0 Å². The normalized spacial score (nSPS) is 10.5. The number of rotatable bonds is 7. The number of urea groups is 1. The summed E-state index contributed by atoms with van der Waals surface area (Å²) in [6.07, 6.45) is 2.93. The first-order chi connectivity index (χ1) is 12.9. The molecular formula is C19H19BrN2O5. The molecule has 0 atom stereocenters. The zero-order valence-electron chi connectivity index (χ0n) is 14.8. The van der Waals surface area contributed by atoms with Crippen molar-refractivity contribution in [2.75, 3.05) is 14.2 Å². The average molecular weight is 435 g/mol. The van der Waals surface area contributed by atoms with Gasteiger partial charge in [0.05, 0.1) is 18.7 Å². The fraction of sp³-hybridized carbons (Fsp3) is 0.158. The predicted octanol–water partition coefficient (Wildman–Crippen LogP) is 3.25. The molecule has 0 saturated carbocycles. The number of carbonyl (C=O) groups excluding carboxylic acids is 2. The first kappa shape index (κ1) is 20.3.